The van der Waals surface area contributed by atoms with Crippen molar-refractivity contribution in [3.63, 3.8) is 0 Å². The SMILES string of the molecule is Cc1cc2c(c3c(C)csc13)[C@H](CCl)CN2C(=O)c1ccc(C(=O)N2C[C@@H](CCl)c3c2cc(NC(C)(C)C)c2ccccc32)s1. The van der Waals surface area contributed by atoms with Crippen LogP contribution in [0.3, 0.4) is 0 Å². The molecule has 232 valence electrons. The third-order valence-corrected chi connectivity index (χ3v) is 11.9. The van der Waals surface area contributed by atoms with Crippen molar-refractivity contribution in [2.45, 2.75) is 52.0 Å². The number of fused-ring (bicyclic) bond motifs is 6. The van der Waals surface area contributed by atoms with Gasteiger partial charge in [-0.25, -0.2) is 0 Å². The summed E-state index contributed by atoms with van der Waals surface area (Å²) in [6.45, 7) is 11.6. The van der Waals surface area contributed by atoms with Crippen molar-refractivity contribution in [2.24, 2.45) is 0 Å². The molecule has 2 amide bonds. The molecule has 0 fully saturated rings. The Morgan fingerprint density at radius 1 is 0.844 bits per heavy atom. The maximum Gasteiger partial charge on any atom is 0.268 e. The van der Waals surface area contributed by atoms with Crippen LogP contribution in [0.2, 0.25) is 0 Å². The van der Waals surface area contributed by atoms with E-state index in [-0.39, 0.29) is 29.2 Å². The van der Waals surface area contributed by atoms with E-state index in [2.05, 4.69) is 69.6 Å². The van der Waals surface area contributed by atoms with E-state index >= 15 is 0 Å². The first kappa shape index (κ1) is 30.5. The van der Waals surface area contributed by atoms with Crippen LogP contribution >= 0.6 is 45.9 Å². The van der Waals surface area contributed by atoms with Crippen LogP contribution in [0.1, 0.15) is 74.2 Å². The predicted molar refractivity (Wildman–Crippen MR) is 193 cm³/mol. The normalized spacial score (nSPS) is 17.8. The van der Waals surface area contributed by atoms with E-state index in [9.17, 15) is 9.59 Å². The second kappa shape index (κ2) is 11.3. The average Bonchev–Trinajstić information content (AvgIpc) is 3.80. The van der Waals surface area contributed by atoms with Gasteiger partial charge in [0.1, 0.15) is 0 Å². The third-order valence-electron chi connectivity index (χ3n) is 8.90. The Morgan fingerprint density at radius 2 is 1.42 bits per heavy atom. The van der Waals surface area contributed by atoms with Crippen molar-refractivity contribution in [1.29, 1.82) is 0 Å². The number of rotatable bonds is 5. The highest BCUT2D eigenvalue weighted by molar-refractivity contribution is 7.17. The van der Waals surface area contributed by atoms with Gasteiger partial charge in [0.2, 0.25) is 0 Å². The molecule has 7 rings (SSSR count). The zero-order chi connectivity index (χ0) is 31.8. The molecule has 2 aliphatic rings. The van der Waals surface area contributed by atoms with E-state index in [0.29, 0.717) is 34.6 Å². The molecule has 5 aromatic rings. The Bertz CT molecular complexity index is 2010. The number of hydrogen-bond acceptors (Lipinski definition) is 5. The van der Waals surface area contributed by atoms with Crippen LogP contribution in [0.25, 0.3) is 20.9 Å². The maximum atomic E-state index is 14.2. The number of carbonyl (C=O) groups is 2. The highest BCUT2D eigenvalue weighted by Crippen LogP contribution is 2.48. The van der Waals surface area contributed by atoms with Crippen molar-refractivity contribution in [3.8, 4) is 0 Å². The molecule has 0 bridgehead atoms. The molecule has 3 aromatic carbocycles. The van der Waals surface area contributed by atoms with E-state index in [1.54, 1.807) is 23.5 Å². The lowest BCUT2D eigenvalue weighted by Crippen LogP contribution is -2.30. The van der Waals surface area contributed by atoms with Crippen LogP contribution in [-0.4, -0.2) is 42.2 Å². The number of hydrogen-bond donors (Lipinski definition) is 1. The molecule has 0 spiro atoms. The molecule has 2 atom stereocenters. The van der Waals surface area contributed by atoms with E-state index in [1.807, 2.05) is 21.9 Å². The molecule has 0 radical (unpaired) electrons. The zero-order valence-electron chi connectivity index (χ0n) is 26.0. The molecule has 0 saturated heterocycles. The molecular weight excluding hydrogens is 641 g/mol. The van der Waals surface area contributed by atoms with Gasteiger partial charge >= 0.3 is 0 Å². The van der Waals surface area contributed by atoms with Gasteiger partial charge in [0.25, 0.3) is 11.8 Å². The minimum atomic E-state index is -0.164. The fraction of sp³-hybridized carbons (Fsp3) is 0.333. The van der Waals surface area contributed by atoms with Gasteiger partial charge in [-0.1, -0.05) is 24.3 Å². The van der Waals surface area contributed by atoms with Crippen molar-refractivity contribution >= 4 is 95.6 Å². The standard InChI is InChI=1S/C36H35Cl2N3O2S2/c1-19-12-26-32(30-20(2)18-44-33(19)30)22(15-38)17-40(26)34(42)28-10-11-29(45-28)35(43)41-16-21(14-37)31-24-9-7-6-8-23(24)25(13-27(31)41)39-36(3,4)5/h6-13,18,21-22,39H,14-17H2,1-5H3/t21-,22-/m1/s1. The summed E-state index contributed by atoms with van der Waals surface area (Å²) in [5, 5.41) is 9.28. The van der Waals surface area contributed by atoms with Gasteiger partial charge in [-0.3, -0.25) is 9.59 Å². The quantitative estimate of drug-likeness (QED) is 0.189. The van der Waals surface area contributed by atoms with Crippen LogP contribution in [0.5, 0.6) is 0 Å². The Balaban J connectivity index is 1.24. The molecule has 1 N–H and O–H groups in total. The Morgan fingerprint density at radius 3 is 2.02 bits per heavy atom. The minimum Gasteiger partial charge on any atom is -0.380 e. The van der Waals surface area contributed by atoms with E-state index in [1.165, 1.54) is 32.5 Å². The lowest BCUT2D eigenvalue weighted by molar-refractivity contribution is 0.0986. The van der Waals surface area contributed by atoms with E-state index in [4.69, 9.17) is 23.2 Å². The highest BCUT2D eigenvalue weighted by atomic mass is 35.5. The first-order valence-corrected chi connectivity index (χ1v) is 18.0. The number of carbonyl (C=O) groups excluding carboxylic acids is 2. The van der Waals surface area contributed by atoms with E-state index in [0.717, 1.165) is 39.0 Å². The number of amides is 2. The van der Waals surface area contributed by atoms with Gasteiger partial charge in [-0.05, 0) is 91.9 Å². The predicted octanol–water partition coefficient (Wildman–Crippen LogP) is 9.91. The molecule has 2 aromatic heterocycles. The number of alkyl halides is 2. The average molecular weight is 677 g/mol. The summed E-state index contributed by atoms with van der Waals surface area (Å²) in [7, 11) is 0. The molecule has 2 aliphatic heterocycles. The second-order valence-corrected chi connectivity index (χ2v) is 15.8. The smallest absolute Gasteiger partial charge is 0.268 e. The first-order chi connectivity index (χ1) is 21.5. The van der Waals surface area contributed by atoms with Gasteiger partial charge in [0, 0.05) is 69.1 Å². The first-order valence-electron chi connectivity index (χ1n) is 15.2. The van der Waals surface area contributed by atoms with Gasteiger partial charge in [0.05, 0.1) is 15.4 Å². The number of anilines is 3. The Hall–Kier alpha value is -3.10. The fourth-order valence-corrected chi connectivity index (χ4v) is 9.47. The van der Waals surface area contributed by atoms with Gasteiger partial charge in [0.15, 0.2) is 0 Å². The number of nitrogens with one attached hydrogen (secondary N) is 1. The fourth-order valence-electron chi connectivity index (χ4n) is 7.02. The Kier molecular flexibility index (Phi) is 7.67. The largest absolute Gasteiger partial charge is 0.380 e. The van der Waals surface area contributed by atoms with Crippen LogP contribution in [0.4, 0.5) is 17.1 Å². The van der Waals surface area contributed by atoms with Crippen molar-refractivity contribution < 1.29 is 9.59 Å². The summed E-state index contributed by atoms with van der Waals surface area (Å²) in [4.78, 5) is 33.0. The molecule has 45 heavy (non-hydrogen) atoms. The van der Waals surface area contributed by atoms with Crippen LogP contribution in [0, 0.1) is 13.8 Å². The molecule has 0 saturated carbocycles. The van der Waals surface area contributed by atoms with Gasteiger partial charge in [-0.15, -0.1) is 45.9 Å². The number of halogens is 2. The van der Waals surface area contributed by atoms with Crippen LogP contribution in [0.15, 0.2) is 53.9 Å². The zero-order valence-corrected chi connectivity index (χ0v) is 29.1. The molecule has 4 heterocycles. The number of thiophene rings is 2. The monoisotopic (exact) mass is 675 g/mol. The van der Waals surface area contributed by atoms with Gasteiger partial charge in [-0.2, -0.15) is 0 Å². The lowest BCUT2D eigenvalue weighted by atomic mass is 9.94. The summed E-state index contributed by atoms with van der Waals surface area (Å²) in [6, 6.07) is 16.1. The highest BCUT2D eigenvalue weighted by Gasteiger charge is 2.38. The lowest BCUT2D eigenvalue weighted by Gasteiger charge is -2.25. The van der Waals surface area contributed by atoms with Crippen molar-refractivity contribution in [2.75, 3.05) is 40.0 Å². The van der Waals surface area contributed by atoms with Gasteiger partial charge < -0.3 is 15.1 Å². The summed E-state index contributed by atoms with van der Waals surface area (Å²) in [5.74, 6) is 0.708. The van der Waals surface area contributed by atoms with Crippen LogP contribution < -0.4 is 15.1 Å². The maximum absolute atomic E-state index is 14.2. The molecule has 0 aliphatic carbocycles. The number of aryl methyl sites for hydroxylation is 2. The van der Waals surface area contributed by atoms with E-state index < -0.39 is 0 Å². The topological polar surface area (TPSA) is 52.7 Å². The third kappa shape index (κ3) is 5.03. The molecule has 0 unspecified atom stereocenters. The second-order valence-electron chi connectivity index (χ2n) is 13.2. The number of nitrogens with zero attached hydrogens (tertiary/aromatic N) is 2. The summed E-state index contributed by atoms with van der Waals surface area (Å²) in [5.41, 5.74) is 7.28. The summed E-state index contributed by atoms with van der Waals surface area (Å²) >= 11 is 16.0. The van der Waals surface area contributed by atoms with Crippen LogP contribution in [-0.2, 0) is 0 Å². The minimum absolute atomic E-state index is 0.00879. The number of benzene rings is 3. The Labute approximate surface area is 281 Å². The van der Waals surface area contributed by atoms with Crippen molar-refractivity contribution in [1.82, 2.24) is 0 Å². The molecule has 9 heteroatoms. The summed E-state index contributed by atoms with van der Waals surface area (Å²) in [6.07, 6.45) is 0. The van der Waals surface area contributed by atoms with Crippen molar-refractivity contribution in [3.05, 3.63) is 85.9 Å². The summed E-state index contributed by atoms with van der Waals surface area (Å²) < 4.78 is 1.26. The molecular formula is C36H35Cl2N3O2S2. The molecule has 5 nitrogen and oxygen atoms in total.